The molecule has 1 saturated carbocycles. The van der Waals surface area contributed by atoms with Crippen LogP contribution < -0.4 is 0 Å². The summed E-state index contributed by atoms with van der Waals surface area (Å²) in [5.74, 6) is 0.672. The minimum atomic E-state index is -0.0597. The van der Waals surface area contributed by atoms with E-state index in [0.29, 0.717) is 29.9 Å². The lowest BCUT2D eigenvalue weighted by Gasteiger charge is -2.15. The van der Waals surface area contributed by atoms with E-state index in [9.17, 15) is 5.11 Å². The molecule has 0 saturated heterocycles. The van der Waals surface area contributed by atoms with Crippen molar-refractivity contribution in [3.63, 3.8) is 0 Å². The molecule has 0 amide bonds. The maximum atomic E-state index is 9.36. The van der Waals surface area contributed by atoms with Gasteiger partial charge in [0, 0.05) is 19.2 Å². The molecule has 19 heavy (non-hydrogen) atoms. The highest BCUT2D eigenvalue weighted by Gasteiger charge is 2.28. The Morgan fingerprint density at radius 2 is 2.26 bits per heavy atom. The zero-order valence-corrected chi connectivity index (χ0v) is 12.4. The molecule has 1 aliphatic carbocycles. The van der Waals surface area contributed by atoms with Gasteiger partial charge in [-0.1, -0.05) is 0 Å². The Morgan fingerprint density at radius 1 is 1.53 bits per heavy atom. The summed E-state index contributed by atoms with van der Waals surface area (Å²) < 4.78 is 9.81. The lowest BCUT2D eigenvalue weighted by atomic mass is 10.6. The van der Waals surface area contributed by atoms with Crippen molar-refractivity contribution < 1.29 is 9.84 Å². The number of aliphatic hydroxyl groups is 1. The van der Waals surface area contributed by atoms with Crippen molar-refractivity contribution in [1.82, 2.24) is 19.2 Å². The van der Waals surface area contributed by atoms with Gasteiger partial charge in [0.15, 0.2) is 10.6 Å². The van der Waals surface area contributed by atoms with Crippen molar-refractivity contribution >= 4 is 12.2 Å². The van der Waals surface area contributed by atoms with Crippen LogP contribution in [0.1, 0.15) is 31.6 Å². The summed E-state index contributed by atoms with van der Waals surface area (Å²) in [6.45, 7) is 4.82. The SMILES string of the molecule is CCOCCN(C)Cn1nc(CO)n(C2CC2)c1=S. The van der Waals surface area contributed by atoms with Gasteiger partial charge in [-0.15, -0.1) is 0 Å². The molecule has 7 heteroatoms. The van der Waals surface area contributed by atoms with E-state index in [2.05, 4.69) is 10.00 Å². The second kappa shape index (κ2) is 6.60. The average Bonchev–Trinajstić information content (AvgIpc) is 3.17. The van der Waals surface area contributed by atoms with Crippen LogP contribution in [0.2, 0.25) is 0 Å². The fourth-order valence-corrected chi connectivity index (χ4v) is 2.38. The van der Waals surface area contributed by atoms with Crippen LogP contribution in [-0.2, 0) is 18.0 Å². The van der Waals surface area contributed by atoms with Crippen LogP contribution in [0.5, 0.6) is 0 Å². The minimum absolute atomic E-state index is 0.0597. The smallest absolute Gasteiger partial charge is 0.199 e. The third-order valence-corrected chi connectivity index (χ3v) is 3.60. The lowest BCUT2D eigenvalue weighted by molar-refractivity contribution is 0.110. The van der Waals surface area contributed by atoms with E-state index in [1.807, 2.05) is 18.5 Å². The Hall–Kier alpha value is -0.760. The molecule has 0 bridgehead atoms. The fourth-order valence-electron chi connectivity index (χ4n) is 2.03. The first kappa shape index (κ1) is 14.6. The molecular weight excluding hydrogens is 264 g/mol. The molecule has 1 aliphatic rings. The van der Waals surface area contributed by atoms with Gasteiger partial charge in [-0.25, -0.2) is 4.68 Å². The molecule has 0 radical (unpaired) electrons. The van der Waals surface area contributed by atoms with Crippen LogP contribution in [0.3, 0.4) is 0 Å². The van der Waals surface area contributed by atoms with Gasteiger partial charge >= 0.3 is 0 Å². The molecule has 108 valence electrons. The van der Waals surface area contributed by atoms with Crippen molar-refractivity contribution in [2.24, 2.45) is 0 Å². The Labute approximate surface area is 118 Å². The molecule has 0 spiro atoms. The van der Waals surface area contributed by atoms with Crippen molar-refractivity contribution in [2.75, 3.05) is 26.8 Å². The van der Waals surface area contributed by atoms with Gasteiger partial charge in [0.05, 0.1) is 13.3 Å². The zero-order valence-electron chi connectivity index (χ0n) is 11.6. The number of hydrogen-bond donors (Lipinski definition) is 1. The predicted octanol–water partition coefficient (Wildman–Crippen LogP) is 1.17. The molecular formula is C12H22N4O2S. The first-order valence-electron chi connectivity index (χ1n) is 6.72. The molecule has 2 rings (SSSR count). The van der Waals surface area contributed by atoms with Crippen molar-refractivity contribution in [3.05, 3.63) is 10.6 Å². The van der Waals surface area contributed by atoms with E-state index in [-0.39, 0.29) is 6.61 Å². The number of nitrogens with zero attached hydrogens (tertiary/aromatic N) is 4. The van der Waals surface area contributed by atoms with Crippen LogP contribution in [-0.4, -0.2) is 51.2 Å². The van der Waals surface area contributed by atoms with Crippen LogP contribution in [0.25, 0.3) is 0 Å². The number of hydrogen-bond acceptors (Lipinski definition) is 5. The number of rotatable bonds is 8. The number of ether oxygens (including phenoxy) is 1. The Kier molecular flexibility index (Phi) is 5.09. The van der Waals surface area contributed by atoms with E-state index in [0.717, 1.165) is 26.0 Å². The molecule has 0 aromatic carbocycles. The van der Waals surface area contributed by atoms with E-state index >= 15 is 0 Å². The van der Waals surface area contributed by atoms with Crippen molar-refractivity contribution in [1.29, 1.82) is 0 Å². The van der Waals surface area contributed by atoms with Crippen LogP contribution in [0, 0.1) is 4.77 Å². The monoisotopic (exact) mass is 286 g/mol. The first-order chi connectivity index (χ1) is 9.17. The fraction of sp³-hybridized carbons (Fsp3) is 0.833. The molecule has 1 aromatic heterocycles. The van der Waals surface area contributed by atoms with Gasteiger partial charge in [-0.3, -0.25) is 9.47 Å². The summed E-state index contributed by atoms with van der Waals surface area (Å²) >= 11 is 5.44. The highest BCUT2D eigenvalue weighted by atomic mass is 32.1. The summed E-state index contributed by atoms with van der Waals surface area (Å²) in [6.07, 6.45) is 2.26. The van der Waals surface area contributed by atoms with E-state index in [1.54, 1.807) is 4.68 Å². The molecule has 0 aliphatic heterocycles. The minimum Gasteiger partial charge on any atom is -0.388 e. The van der Waals surface area contributed by atoms with E-state index < -0.39 is 0 Å². The van der Waals surface area contributed by atoms with Gasteiger partial charge in [0.2, 0.25) is 0 Å². The molecule has 1 aromatic rings. The maximum Gasteiger partial charge on any atom is 0.199 e. The first-order valence-corrected chi connectivity index (χ1v) is 7.13. The summed E-state index contributed by atoms with van der Waals surface area (Å²) in [5.41, 5.74) is 0. The largest absolute Gasteiger partial charge is 0.388 e. The van der Waals surface area contributed by atoms with E-state index in [4.69, 9.17) is 17.0 Å². The molecule has 1 N–H and O–H groups in total. The zero-order chi connectivity index (χ0) is 13.8. The van der Waals surface area contributed by atoms with Gasteiger partial charge in [0.25, 0.3) is 0 Å². The Balaban J connectivity index is 2.02. The standard InChI is InChI=1S/C12H22N4O2S/c1-3-18-7-6-14(2)9-15-12(19)16(10-4-5-10)11(8-17)13-15/h10,17H,3-9H2,1-2H3. The van der Waals surface area contributed by atoms with Gasteiger partial charge in [0.1, 0.15) is 6.61 Å². The van der Waals surface area contributed by atoms with Gasteiger partial charge in [-0.05, 0) is 39.0 Å². The van der Waals surface area contributed by atoms with Crippen LogP contribution in [0.15, 0.2) is 0 Å². The third-order valence-electron chi connectivity index (χ3n) is 3.19. The molecule has 1 fully saturated rings. The van der Waals surface area contributed by atoms with Gasteiger partial charge in [-0.2, -0.15) is 5.10 Å². The predicted molar refractivity (Wildman–Crippen MR) is 74.4 cm³/mol. The molecule has 0 atom stereocenters. The number of likely N-dealkylation sites (N-methyl/N-ethyl adjacent to an activating group) is 1. The van der Waals surface area contributed by atoms with Crippen molar-refractivity contribution in [2.45, 2.75) is 39.1 Å². The lowest BCUT2D eigenvalue weighted by Crippen LogP contribution is -2.26. The van der Waals surface area contributed by atoms with Crippen LogP contribution in [0.4, 0.5) is 0 Å². The average molecular weight is 286 g/mol. The van der Waals surface area contributed by atoms with E-state index in [1.165, 1.54) is 0 Å². The Bertz CT molecular complexity index is 467. The molecule has 1 heterocycles. The maximum absolute atomic E-state index is 9.36. The third kappa shape index (κ3) is 3.62. The summed E-state index contributed by atoms with van der Waals surface area (Å²) in [5, 5.41) is 13.8. The quantitative estimate of drug-likeness (QED) is 0.574. The van der Waals surface area contributed by atoms with Gasteiger partial charge < -0.3 is 9.84 Å². The molecule has 6 nitrogen and oxygen atoms in total. The summed E-state index contributed by atoms with van der Waals surface area (Å²) in [6, 6.07) is 0.442. The van der Waals surface area contributed by atoms with Crippen molar-refractivity contribution in [3.8, 4) is 0 Å². The topological polar surface area (TPSA) is 55.4 Å². The summed E-state index contributed by atoms with van der Waals surface area (Å²) in [7, 11) is 2.01. The second-order valence-corrected chi connectivity index (χ2v) is 5.24. The highest BCUT2D eigenvalue weighted by Crippen LogP contribution is 2.36. The summed E-state index contributed by atoms with van der Waals surface area (Å²) in [4.78, 5) is 2.11. The number of aliphatic hydroxyl groups excluding tert-OH is 1. The van der Waals surface area contributed by atoms with Crippen LogP contribution >= 0.6 is 12.2 Å². The second-order valence-electron chi connectivity index (χ2n) is 4.88. The normalized spacial score (nSPS) is 15.4. The number of aromatic nitrogens is 3. The molecule has 0 unspecified atom stereocenters. The highest BCUT2D eigenvalue weighted by molar-refractivity contribution is 7.71. The Morgan fingerprint density at radius 3 is 2.84 bits per heavy atom.